The predicted molar refractivity (Wildman–Crippen MR) is 102 cm³/mol. The Kier molecular flexibility index (Phi) is 5.18. The van der Waals surface area contributed by atoms with Gasteiger partial charge in [0, 0.05) is 16.1 Å². The van der Waals surface area contributed by atoms with Crippen LogP contribution in [0.5, 0.6) is 0 Å². The minimum atomic E-state index is -3.97. The summed E-state index contributed by atoms with van der Waals surface area (Å²) in [5.74, 6) is -0.711. The van der Waals surface area contributed by atoms with E-state index >= 15 is 0 Å². The van der Waals surface area contributed by atoms with Gasteiger partial charge in [-0.15, -0.1) is 22.7 Å². The van der Waals surface area contributed by atoms with Crippen LogP contribution in [0.15, 0.2) is 46.7 Å². The highest BCUT2D eigenvalue weighted by molar-refractivity contribution is 7.89. The van der Waals surface area contributed by atoms with Gasteiger partial charge in [0.25, 0.3) is 0 Å². The number of sulfonamides is 1. The fourth-order valence-corrected chi connectivity index (χ4v) is 5.97. The van der Waals surface area contributed by atoms with E-state index in [0.717, 1.165) is 21.4 Å². The molecule has 0 fully saturated rings. The molecule has 0 saturated heterocycles. The summed E-state index contributed by atoms with van der Waals surface area (Å²) in [4.78, 5) is 12.2. The van der Waals surface area contributed by atoms with Gasteiger partial charge in [-0.05, 0) is 35.9 Å². The predicted octanol–water partition coefficient (Wildman–Crippen LogP) is 2.94. The number of esters is 1. The first kappa shape index (κ1) is 19.0. The Morgan fingerprint density at radius 1 is 1.31 bits per heavy atom. The second-order valence-electron chi connectivity index (χ2n) is 5.85. The summed E-state index contributed by atoms with van der Waals surface area (Å²) < 4.78 is 33.1. The zero-order valence-corrected chi connectivity index (χ0v) is 16.5. The third kappa shape index (κ3) is 3.67. The Hall–Kier alpha value is -1.78. The Balaban J connectivity index is 1.82. The molecule has 3 rings (SSSR count). The van der Waals surface area contributed by atoms with Gasteiger partial charge in [0.15, 0.2) is 0 Å². The summed E-state index contributed by atoms with van der Waals surface area (Å²) in [6.07, 6.45) is 0. The van der Waals surface area contributed by atoms with Gasteiger partial charge in [0.05, 0.1) is 7.11 Å². The first-order chi connectivity index (χ1) is 12.2. The van der Waals surface area contributed by atoms with E-state index in [0.29, 0.717) is 4.88 Å². The number of carbonyl (C=O) groups excluding carboxylic acids is 1. The maximum Gasteiger partial charge on any atom is 0.349 e. The largest absolute Gasteiger partial charge is 0.465 e. The van der Waals surface area contributed by atoms with Crippen molar-refractivity contribution >= 4 is 48.8 Å². The number of aliphatic hydroxyl groups is 1. The van der Waals surface area contributed by atoms with Gasteiger partial charge >= 0.3 is 5.97 Å². The van der Waals surface area contributed by atoms with Crippen LogP contribution in [0.4, 0.5) is 0 Å². The summed E-state index contributed by atoms with van der Waals surface area (Å²) in [6.45, 7) is 1.33. The summed E-state index contributed by atoms with van der Waals surface area (Å²) in [7, 11) is -2.78. The van der Waals surface area contributed by atoms with E-state index in [1.54, 1.807) is 6.92 Å². The number of carbonyl (C=O) groups is 1. The molecular weight excluding hydrogens is 394 g/mol. The van der Waals surface area contributed by atoms with E-state index in [1.807, 2.05) is 30.3 Å². The van der Waals surface area contributed by atoms with Gasteiger partial charge in [0.2, 0.25) is 10.0 Å². The maximum atomic E-state index is 12.6. The number of fused-ring (bicyclic) bond motifs is 1. The molecule has 0 radical (unpaired) electrons. The molecule has 0 bridgehead atoms. The molecule has 0 amide bonds. The highest BCUT2D eigenvalue weighted by Gasteiger charge is 2.30. The SMILES string of the molecule is COC(=O)c1sccc1S(=O)(=O)NC[C@@](C)(O)c1cc2ccccc2s1. The van der Waals surface area contributed by atoms with Crippen LogP contribution in [0.1, 0.15) is 21.5 Å². The average Bonchev–Trinajstić information content (AvgIpc) is 3.27. The number of ether oxygens (including phenoxy) is 1. The van der Waals surface area contributed by atoms with Gasteiger partial charge < -0.3 is 9.84 Å². The van der Waals surface area contributed by atoms with Crippen molar-refractivity contribution in [1.82, 2.24) is 4.72 Å². The number of nitrogens with one attached hydrogen (secondary N) is 1. The summed E-state index contributed by atoms with van der Waals surface area (Å²) in [5.41, 5.74) is -1.39. The molecule has 3 aromatic rings. The van der Waals surface area contributed by atoms with Gasteiger partial charge in [-0.2, -0.15) is 0 Å². The molecule has 0 aliphatic heterocycles. The topological polar surface area (TPSA) is 92.7 Å². The molecule has 1 atom stereocenters. The molecule has 138 valence electrons. The van der Waals surface area contributed by atoms with E-state index in [2.05, 4.69) is 9.46 Å². The van der Waals surface area contributed by atoms with Gasteiger partial charge in [-0.25, -0.2) is 17.9 Å². The lowest BCUT2D eigenvalue weighted by molar-refractivity contribution is 0.0602. The number of rotatable bonds is 6. The van der Waals surface area contributed by atoms with Crippen LogP contribution >= 0.6 is 22.7 Å². The van der Waals surface area contributed by atoms with Crippen molar-refractivity contribution in [2.24, 2.45) is 0 Å². The zero-order valence-electron chi connectivity index (χ0n) is 14.1. The second-order valence-corrected chi connectivity index (χ2v) is 9.59. The fourth-order valence-electron chi connectivity index (χ4n) is 2.40. The number of methoxy groups -OCH3 is 1. The number of thiophene rings is 2. The van der Waals surface area contributed by atoms with Gasteiger partial charge in [-0.3, -0.25) is 0 Å². The lowest BCUT2D eigenvalue weighted by Gasteiger charge is -2.22. The highest BCUT2D eigenvalue weighted by atomic mass is 32.2. The molecule has 1 aromatic carbocycles. The van der Waals surface area contributed by atoms with Gasteiger partial charge in [-0.1, -0.05) is 18.2 Å². The van der Waals surface area contributed by atoms with Crippen LogP contribution in [-0.2, 0) is 20.4 Å². The van der Waals surface area contributed by atoms with E-state index in [1.165, 1.54) is 29.9 Å². The Bertz CT molecular complexity index is 1020. The van der Waals surface area contributed by atoms with Crippen molar-refractivity contribution in [2.75, 3.05) is 13.7 Å². The van der Waals surface area contributed by atoms with Crippen LogP contribution in [0, 0.1) is 0 Å². The zero-order chi connectivity index (χ0) is 18.9. The van der Waals surface area contributed by atoms with Crippen LogP contribution < -0.4 is 4.72 Å². The summed E-state index contributed by atoms with van der Waals surface area (Å²) >= 11 is 2.39. The lowest BCUT2D eigenvalue weighted by atomic mass is 10.1. The summed E-state index contributed by atoms with van der Waals surface area (Å²) in [6, 6.07) is 10.9. The van der Waals surface area contributed by atoms with Crippen molar-refractivity contribution in [3.8, 4) is 0 Å². The highest BCUT2D eigenvalue weighted by Crippen LogP contribution is 2.33. The normalized spacial score (nSPS) is 14.3. The number of benzene rings is 1. The van der Waals surface area contributed by atoms with E-state index in [-0.39, 0.29) is 16.3 Å². The third-order valence-electron chi connectivity index (χ3n) is 3.85. The van der Waals surface area contributed by atoms with Crippen molar-refractivity contribution in [1.29, 1.82) is 0 Å². The number of hydrogen-bond acceptors (Lipinski definition) is 7. The molecule has 0 aliphatic rings. The minimum absolute atomic E-state index is 0.00139. The third-order valence-corrected chi connectivity index (χ3v) is 7.69. The molecule has 6 nitrogen and oxygen atoms in total. The Morgan fingerprint density at radius 3 is 2.73 bits per heavy atom. The molecule has 2 N–H and O–H groups in total. The van der Waals surface area contributed by atoms with Crippen LogP contribution in [0.3, 0.4) is 0 Å². The molecule has 0 spiro atoms. The Morgan fingerprint density at radius 2 is 2.04 bits per heavy atom. The lowest BCUT2D eigenvalue weighted by Crippen LogP contribution is -2.38. The van der Waals surface area contributed by atoms with E-state index in [9.17, 15) is 18.3 Å². The quantitative estimate of drug-likeness (QED) is 0.609. The standard InChI is InChI=1S/C17H17NO5S3/c1-17(20,14-9-11-5-3-4-6-12(11)25-14)10-18-26(21,22)13-7-8-24-15(13)16(19)23-2/h3-9,18,20H,10H2,1-2H3/t17-/m1/s1. The molecule has 26 heavy (non-hydrogen) atoms. The first-order valence-electron chi connectivity index (χ1n) is 7.61. The summed E-state index contributed by atoms with van der Waals surface area (Å²) in [5, 5.41) is 13.3. The van der Waals surface area contributed by atoms with Gasteiger partial charge in [0.1, 0.15) is 15.4 Å². The van der Waals surface area contributed by atoms with E-state index < -0.39 is 21.6 Å². The molecule has 9 heteroatoms. The molecule has 2 aromatic heterocycles. The second kappa shape index (κ2) is 7.09. The fraction of sp³-hybridized carbons (Fsp3) is 0.235. The average molecular weight is 412 g/mol. The Labute approximate surface area is 159 Å². The molecule has 0 unspecified atom stereocenters. The molecular formula is C17H17NO5S3. The molecule has 2 heterocycles. The number of hydrogen-bond donors (Lipinski definition) is 2. The van der Waals surface area contributed by atoms with Crippen LogP contribution in [-0.4, -0.2) is 33.1 Å². The first-order valence-corrected chi connectivity index (χ1v) is 10.8. The van der Waals surface area contributed by atoms with Crippen molar-refractivity contribution in [3.05, 3.63) is 51.5 Å². The van der Waals surface area contributed by atoms with Crippen molar-refractivity contribution in [3.63, 3.8) is 0 Å². The van der Waals surface area contributed by atoms with Crippen molar-refractivity contribution in [2.45, 2.75) is 17.4 Å². The molecule has 0 saturated carbocycles. The maximum absolute atomic E-state index is 12.6. The van der Waals surface area contributed by atoms with Crippen LogP contribution in [0.2, 0.25) is 0 Å². The molecule has 0 aliphatic carbocycles. The van der Waals surface area contributed by atoms with Crippen LogP contribution in [0.25, 0.3) is 10.1 Å². The van der Waals surface area contributed by atoms with E-state index in [4.69, 9.17) is 0 Å². The smallest absolute Gasteiger partial charge is 0.349 e. The monoisotopic (exact) mass is 411 g/mol. The minimum Gasteiger partial charge on any atom is -0.465 e. The van der Waals surface area contributed by atoms with Crippen molar-refractivity contribution < 1.29 is 23.1 Å².